The summed E-state index contributed by atoms with van der Waals surface area (Å²) in [5, 5.41) is 12.6. The molecule has 1 amide bonds. The Morgan fingerprint density at radius 2 is 1.62 bits per heavy atom. The van der Waals surface area contributed by atoms with Gasteiger partial charge in [-0.05, 0) is 90.1 Å². The summed E-state index contributed by atoms with van der Waals surface area (Å²) in [6, 6.07) is 26.6. The molecule has 0 saturated carbocycles. The Bertz CT molecular complexity index is 1600. The second kappa shape index (κ2) is 12.6. The molecule has 0 saturated heterocycles. The van der Waals surface area contributed by atoms with Gasteiger partial charge in [0.1, 0.15) is 12.4 Å². The zero-order valence-corrected chi connectivity index (χ0v) is 24.9. The molecule has 4 aromatic carbocycles. The molecule has 0 aromatic heterocycles. The number of carbonyl (C=O) groups excluding carboxylic acids is 1. The van der Waals surface area contributed by atoms with E-state index in [-0.39, 0.29) is 24.8 Å². The molecule has 0 spiro atoms. The molecule has 0 radical (unpaired) electrons. The van der Waals surface area contributed by atoms with Gasteiger partial charge in [0.25, 0.3) is 5.91 Å². The van der Waals surface area contributed by atoms with E-state index in [1.54, 1.807) is 6.07 Å². The van der Waals surface area contributed by atoms with E-state index < -0.39 is 5.97 Å². The smallest absolute Gasteiger partial charge is 0.303 e. The molecule has 1 aliphatic carbocycles. The van der Waals surface area contributed by atoms with Gasteiger partial charge < -0.3 is 15.2 Å². The number of rotatable bonds is 11. The zero-order valence-electron chi connectivity index (χ0n) is 24.9. The summed E-state index contributed by atoms with van der Waals surface area (Å²) in [6.45, 7) is 8.79. The van der Waals surface area contributed by atoms with Crippen LogP contribution in [0.15, 0.2) is 78.9 Å². The third-order valence-corrected chi connectivity index (χ3v) is 7.86. The third-order valence-electron chi connectivity index (χ3n) is 7.86. The summed E-state index contributed by atoms with van der Waals surface area (Å²) in [6.07, 6.45) is 1.92. The molecule has 1 aliphatic rings. The number of fused-ring (bicyclic) bond motifs is 3. The molecule has 5 rings (SSSR count). The topological polar surface area (TPSA) is 75.6 Å². The van der Waals surface area contributed by atoms with Crippen molar-refractivity contribution >= 4 is 11.9 Å². The van der Waals surface area contributed by atoms with E-state index >= 15 is 0 Å². The van der Waals surface area contributed by atoms with E-state index in [1.807, 2.05) is 12.1 Å². The first-order chi connectivity index (χ1) is 20.2. The van der Waals surface area contributed by atoms with Gasteiger partial charge in [-0.1, -0.05) is 91.7 Å². The van der Waals surface area contributed by atoms with Crippen molar-refractivity contribution in [3.05, 3.63) is 123 Å². The molecule has 216 valence electrons. The van der Waals surface area contributed by atoms with Crippen LogP contribution in [0.2, 0.25) is 0 Å². The summed E-state index contributed by atoms with van der Waals surface area (Å²) in [4.78, 5) is 25.1. The quantitative estimate of drug-likeness (QED) is 0.171. The highest BCUT2D eigenvalue weighted by Crippen LogP contribution is 2.37. The number of carboxylic acid groups (broad SMARTS) is 1. The number of aryl methyl sites for hydroxylation is 3. The minimum atomic E-state index is -0.895. The van der Waals surface area contributed by atoms with Crippen molar-refractivity contribution in [2.45, 2.75) is 66.0 Å². The highest BCUT2D eigenvalue weighted by molar-refractivity contribution is 5.96. The number of carboxylic acids is 1. The predicted molar refractivity (Wildman–Crippen MR) is 167 cm³/mol. The van der Waals surface area contributed by atoms with E-state index in [9.17, 15) is 14.7 Å². The van der Waals surface area contributed by atoms with Gasteiger partial charge in [0.05, 0.1) is 6.04 Å². The molecular formula is C37H39NO4. The number of ether oxygens (including phenoxy) is 1. The van der Waals surface area contributed by atoms with E-state index in [0.717, 1.165) is 35.1 Å². The largest absolute Gasteiger partial charge is 0.489 e. The minimum Gasteiger partial charge on any atom is -0.489 e. The molecule has 42 heavy (non-hydrogen) atoms. The molecule has 0 fully saturated rings. The van der Waals surface area contributed by atoms with Gasteiger partial charge in [-0.2, -0.15) is 0 Å². The van der Waals surface area contributed by atoms with Gasteiger partial charge in [0, 0.05) is 12.0 Å². The van der Waals surface area contributed by atoms with Crippen LogP contribution in [0.1, 0.15) is 82.0 Å². The number of benzene rings is 4. The van der Waals surface area contributed by atoms with Gasteiger partial charge in [0.2, 0.25) is 0 Å². The molecule has 4 aromatic rings. The van der Waals surface area contributed by atoms with Crippen LogP contribution < -0.4 is 10.1 Å². The van der Waals surface area contributed by atoms with Crippen LogP contribution in [0.5, 0.6) is 5.75 Å². The maximum absolute atomic E-state index is 13.8. The summed E-state index contributed by atoms with van der Waals surface area (Å²) < 4.78 is 6.19. The first-order valence-corrected chi connectivity index (χ1v) is 14.7. The molecule has 5 nitrogen and oxygen atoms in total. The van der Waals surface area contributed by atoms with Crippen molar-refractivity contribution in [1.29, 1.82) is 0 Å². The zero-order chi connectivity index (χ0) is 29.8. The normalized spacial score (nSPS) is 12.5. The summed E-state index contributed by atoms with van der Waals surface area (Å²) >= 11 is 0. The van der Waals surface area contributed by atoms with Crippen LogP contribution in [-0.2, 0) is 24.2 Å². The standard InChI is InChI=1S/C37H39NO4/c1-23(2)15-35(30-17-24(3)16-25(4)18-30)38-37(41)34-21-31(12-10-27(34)11-14-36(39)40)42-22-26-9-13-33-29(19-26)20-28-7-5-6-8-32(28)33/h5-10,12-13,16-19,21,23,35H,11,14-15,20,22H2,1-4H3,(H,38,41)(H,39,40). The van der Waals surface area contributed by atoms with Crippen molar-refractivity contribution < 1.29 is 19.4 Å². The number of aliphatic carboxylic acids is 1. The van der Waals surface area contributed by atoms with Gasteiger partial charge >= 0.3 is 5.97 Å². The SMILES string of the molecule is Cc1cc(C)cc(C(CC(C)C)NC(=O)c2cc(OCc3ccc4c(c3)Cc3ccccc3-4)ccc2CCC(=O)O)c1. The molecule has 1 atom stereocenters. The van der Waals surface area contributed by atoms with Crippen LogP contribution in [0.25, 0.3) is 11.1 Å². The van der Waals surface area contributed by atoms with Crippen molar-refractivity contribution in [3.63, 3.8) is 0 Å². The Morgan fingerprint density at radius 3 is 2.36 bits per heavy atom. The summed E-state index contributed by atoms with van der Waals surface area (Å²) in [7, 11) is 0. The second-order valence-corrected chi connectivity index (χ2v) is 11.9. The Morgan fingerprint density at radius 1 is 0.881 bits per heavy atom. The molecule has 5 heteroatoms. The van der Waals surface area contributed by atoms with E-state index in [0.29, 0.717) is 29.4 Å². The lowest BCUT2D eigenvalue weighted by molar-refractivity contribution is -0.136. The lowest BCUT2D eigenvalue weighted by atomic mass is 9.93. The fourth-order valence-electron chi connectivity index (χ4n) is 5.97. The van der Waals surface area contributed by atoms with Crippen LogP contribution >= 0.6 is 0 Å². The molecule has 0 heterocycles. The first kappa shape index (κ1) is 29.1. The number of hydrogen-bond acceptors (Lipinski definition) is 3. The fourth-order valence-corrected chi connectivity index (χ4v) is 5.97. The average Bonchev–Trinajstić information content (AvgIpc) is 3.32. The molecule has 0 bridgehead atoms. The fraction of sp³-hybridized carbons (Fsp3) is 0.297. The lowest BCUT2D eigenvalue weighted by Gasteiger charge is -2.23. The maximum atomic E-state index is 13.8. The van der Waals surface area contributed by atoms with Crippen molar-refractivity contribution in [1.82, 2.24) is 5.32 Å². The van der Waals surface area contributed by atoms with Crippen LogP contribution in [-0.4, -0.2) is 17.0 Å². The number of hydrogen-bond donors (Lipinski definition) is 2. The Labute approximate surface area is 248 Å². The Hall–Kier alpha value is -4.38. The minimum absolute atomic E-state index is 0.0511. The van der Waals surface area contributed by atoms with E-state index in [1.165, 1.54) is 22.3 Å². The van der Waals surface area contributed by atoms with Gasteiger partial charge in [0.15, 0.2) is 0 Å². The predicted octanol–water partition coefficient (Wildman–Crippen LogP) is 7.99. The summed E-state index contributed by atoms with van der Waals surface area (Å²) in [5.74, 6) is -0.165. The highest BCUT2D eigenvalue weighted by Gasteiger charge is 2.21. The monoisotopic (exact) mass is 561 g/mol. The van der Waals surface area contributed by atoms with Gasteiger partial charge in [-0.25, -0.2) is 0 Å². The third kappa shape index (κ3) is 6.91. The van der Waals surface area contributed by atoms with Crippen LogP contribution in [0.3, 0.4) is 0 Å². The van der Waals surface area contributed by atoms with Crippen LogP contribution in [0, 0.1) is 19.8 Å². The molecule has 2 N–H and O–H groups in total. The molecular weight excluding hydrogens is 522 g/mol. The van der Waals surface area contributed by atoms with Crippen molar-refractivity contribution in [3.8, 4) is 16.9 Å². The van der Waals surface area contributed by atoms with E-state index in [4.69, 9.17) is 4.74 Å². The molecule has 1 unspecified atom stereocenters. The Balaban J connectivity index is 1.36. The lowest BCUT2D eigenvalue weighted by Crippen LogP contribution is -2.30. The van der Waals surface area contributed by atoms with Crippen LogP contribution in [0.4, 0.5) is 0 Å². The van der Waals surface area contributed by atoms with Crippen molar-refractivity contribution in [2.75, 3.05) is 0 Å². The first-order valence-electron chi connectivity index (χ1n) is 14.7. The number of carbonyl (C=O) groups is 2. The summed E-state index contributed by atoms with van der Waals surface area (Å²) in [5.41, 5.74) is 10.8. The van der Waals surface area contributed by atoms with Gasteiger partial charge in [-0.3, -0.25) is 9.59 Å². The number of amides is 1. The van der Waals surface area contributed by atoms with Crippen molar-refractivity contribution in [2.24, 2.45) is 5.92 Å². The maximum Gasteiger partial charge on any atom is 0.303 e. The second-order valence-electron chi connectivity index (χ2n) is 11.9. The highest BCUT2D eigenvalue weighted by atomic mass is 16.5. The average molecular weight is 562 g/mol. The van der Waals surface area contributed by atoms with E-state index in [2.05, 4.69) is 93.7 Å². The Kier molecular flexibility index (Phi) is 8.77. The number of nitrogens with one attached hydrogen (secondary N) is 1. The molecule has 0 aliphatic heterocycles. The van der Waals surface area contributed by atoms with Gasteiger partial charge in [-0.15, -0.1) is 0 Å².